The first-order valence-corrected chi connectivity index (χ1v) is 4.53. The Hall–Kier alpha value is 0.0700. The van der Waals surface area contributed by atoms with E-state index < -0.39 is 23.8 Å². The minimum absolute atomic E-state index is 0.00509. The fourth-order valence-electron chi connectivity index (χ4n) is 1.91. The van der Waals surface area contributed by atoms with E-state index in [9.17, 15) is 8.78 Å². The first-order valence-electron chi connectivity index (χ1n) is 4.09. The van der Waals surface area contributed by atoms with Gasteiger partial charge in [0.25, 0.3) is 0 Å². The normalized spacial score (nSPS) is 53.8. The molecule has 0 aromatic carbocycles. The van der Waals surface area contributed by atoms with Crippen molar-refractivity contribution in [1.29, 1.82) is 0 Å². The molecule has 2 rings (SSSR count). The SMILES string of the molecule is FC1C(Cl)CC2NCNC2C1F. The molecule has 2 nitrogen and oxygen atoms in total. The zero-order chi connectivity index (χ0) is 8.72. The van der Waals surface area contributed by atoms with Crippen LogP contribution in [0, 0.1) is 0 Å². The van der Waals surface area contributed by atoms with E-state index in [0.717, 1.165) is 0 Å². The average molecular weight is 197 g/mol. The molecular weight excluding hydrogens is 186 g/mol. The van der Waals surface area contributed by atoms with Gasteiger partial charge in [0.1, 0.15) is 12.3 Å². The van der Waals surface area contributed by atoms with Gasteiger partial charge < -0.3 is 0 Å². The molecule has 1 saturated carbocycles. The lowest BCUT2D eigenvalue weighted by Gasteiger charge is -2.33. The fourth-order valence-corrected chi connectivity index (χ4v) is 2.24. The summed E-state index contributed by atoms with van der Waals surface area (Å²) in [5, 5.41) is 5.23. The molecule has 0 aromatic heterocycles. The summed E-state index contributed by atoms with van der Waals surface area (Å²) >= 11 is 5.65. The Morgan fingerprint density at radius 3 is 2.67 bits per heavy atom. The van der Waals surface area contributed by atoms with Crippen LogP contribution in [-0.4, -0.2) is 36.5 Å². The molecule has 2 aliphatic rings. The van der Waals surface area contributed by atoms with E-state index in [1.54, 1.807) is 0 Å². The smallest absolute Gasteiger partial charge is 0.149 e. The van der Waals surface area contributed by atoms with Gasteiger partial charge in [-0.15, -0.1) is 11.6 Å². The molecule has 0 aromatic rings. The van der Waals surface area contributed by atoms with Crippen LogP contribution in [0.2, 0.25) is 0 Å². The zero-order valence-electron chi connectivity index (χ0n) is 6.43. The second kappa shape index (κ2) is 3.09. The Labute approximate surface area is 74.7 Å². The number of halogens is 3. The standard InChI is InChI=1S/C7H11ClF2N2/c8-3-1-4-7(12-2-11-4)6(10)5(3)9/h3-7,11-12H,1-2H2. The van der Waals surface area contributed by atoms with E-state index >= 15 is 0 Å². The first kappa shape index (κ1) is 8.66. The number of fused-ring (bicyclic) bond motifs is 1. The third-order valence-electron chi connectivity index (χ3n) is 2.61. The molecule has 70 valence electrons. The van der Waals surface area contributed by atoms with Gasteiger partial charge in [0.05, 0.1) is 11.4 Å². The summed E-state index contributed by atoms with van der Waals surface area (Å²) in [5.74, 6) is 0. The maximum atomic E-state index is 13.2. The van der Waals surface area contributed by atoms with E-state index in [0.29, 0.717) is 13.1 Å². The molecule has 5 heteroatoms. The van der Waals surface area contributed by atoms with Crippen molar-refractivity contribution in [3.8, 4) is 0 Å². The van der Waals surface area contributed by atoms with Crippen LogP contribution in [0.25, 0.3) is 0 Å². The van der Waals surface area contributed by atoms with Crippen molar-refractivity contribution in [1.82, 2.24) is 10.6 Å². The van der Waals surface area contributed by atoms with Crippen LogP contribution < -0.4 is 10.6 Å². The van der Waals surface area contributed by atoms with Crippen LogP contribution in [0.1, 0.15) is 6.42 Å². The van der Waals surface area contributed by atoms with Gasteiger partial charge >= 0.3 is 0 Å². The Morgan fingerprint density at radius 2 is 1.92 bits per heavy atom. The van der Waals surface area contributed by atoms with Crippen molar-refractivity contribution in [3.05, 3.63) is 0 Å². The lowest BCUT2D eigenvalue weighted by molar-refractivity contribution is 0.0895. The maximum Gasteiger partial charge on any atom is 0.149 e. The molecule has 5 unspecified atom stereocenters. The van der Waals surface area contributed by atoms with Crippen molar-refractivity contribution in [3.63, 3.8) is 0 Å². The van der Waals surface area contributed by atoms with Gasteiger partial charge in [-0.1, -0.05) is 0 Å². The van der Waals surface area contributed by atoms with Gasteiger partial charge in [-0.25, -0.2) is 8.78 Å². The number of rotatable bonds is 0. The highest BCUT2D eigenvalue weighted by atomic mass is 35.5. The van der Waals surface area contributed by atoms with Gasteiger partial charge in [0.15, 0.2) is 0 Å². The summed E-state index contributed by atoms with van der Waals surface area (Å²) in [4.78, 5) is 0. The lowest BCUT2D eigenvalue weighted by Crippen LogP contribution is -2.54. The van der Waals surface area contributed by atoms with Crippen LogP contribution in [0.5, 0.6) is 0 Å². The zero-order valence-corrected chi connectivity index (χ0v) is 7.19. The average Bonchev–Trinajstić information content (AvgIpc) is 2.48. The monoisotopic (exact) mass is 196 g/mol. The summed E-state index contributed by atoms with van der Waals surface area (Å²) < 4.78 is 26.3. The van der Waals surface area contributed by atoms with E-state index in [-0.39, 0.29) is 6.04 Å². The Bertz CT molecular complexity index is 181. The van der Waals surface area contributed by atoms with E-state index in [1.165, 1.54) is 0 Å². The second-order valence-corrected chi connectivity index (χ2v) is 3.92. The van der Waals surface area contributed by atoms with Crippen molar-refractivity contribution >= 4 is 11.6 Å². The Balaban J connectivity index is 2.10. The van der Waals surface area contributed by atoms with Gasteiger partial charge in [-0.05, 0) is 6.42 Å². The molecule has 0 spiro atoms. The molecule has 2 N–H and O–H groups in total. The summed E-state index contributed by atoms with van der Waals surface area (Å²) in [5.41, 5.74) is 0. The summed E-state index contributed by atoms with van der Waals surface area (Å²) in [7, 11) is 0. The van der Waals surface area contributed by atoms with Crippen LogP contribution in [0.4, 0.5) is 8.78 Å². The molecular formula is C7H11ClF2N2. The summed E-state index contributed by atoms with van der Waals surface area (Å²) in [6.45, 7) is 0.548. The van der Waals surface area contributed by atoms with Gasteiger partial charge in [0.2, 0.25) is 0 Å². The van der Waals surface area contributed by atoms with Crippen LogP contribution in [0.15, 0.2) is 0 Å². The van der Waals surface area contributed by atoms with Crippen molar-refractivity contribution in [2.24, 2.45) is 0 Å². The molecule has 12 heavy (non-hydrogen) atoms. The molecule has 0 amide bonds. The number of alkyl halides is 3. The van der Waals surface area contributed by atoms with E-state index in [2.05, 4.69) is 10.6 Å². The number of nitrogens with one attached hydrogen (secondary N) is 2. The molecule has 1 heterocycles. The van der Waals surface area contributed by atoms with E-state index in [1.807, 2.05) is 0 Å². The molecule has 1 aliphatic heterocycles. The number of hydrogen-bond acceptors (Lipinski definition) is 2. The van der Waals surface area contributed by atoms with Crippen molar-refractivity contribution in [2.75, 3.05) is 6.67 Å². The quantitative estimate of drug-likeness (QED) is 0.554. The van der Waals surface area contributed by atoms with Crippen molar-refractivity contribution < 1.29 is 8.78 Å². The van der Waals surface area contributed by atoms with Gasteiger partial charge in [-0.2, -0.15) is 0 Å². The third-order valence-corrected chi connectivity index (χ3v) is 3.03. The second-order valence-electron chi connectivity index (χ2n) is 3.36. The minimum Gasteiger partial charge on any atom is -0.300 e. The maximum absolute atomic E-state index is 13.2. The highest BCUT2D eigenvalue weighted by Gasteiger charge is 2.46. The van der Waals surface area contributed by atoms with Gasteiger partial charge in [-0.3, -0.25) is 10.6 Å². The van der Waals surface area contributed by atoms with Crippen LogP contribution >= 0.6 is 11.6 Å². The lowest BCUT2D eigenvalue weighted by atomic mass is 9.88. The van der Waals surface area contributed by atoms with Crippen molar-refractivity contribution in [2.45, 2.75) is 36.2 Å². The predicted octanol–water partition coefficient (Wildman–Crippen LogP) is 0.561. The van der Waals surface area contributed by atoms with Gasteiger partial charge in [0, 0.05) is 12.7 Å². The number of hydrogen-bond donors (Lipinski definition) is 2. The largest absolute Gasteiger partial charge is 0.300 e. The summed E-state index contributed by atoms with van der Waals surface area (Å²) in [6, 6.07) is -0.399. The predicted molar refractivity (Wildman–Crippen MR) is 42.8 cm³/mol. The molecule has 0 radical (unpaired) electrons. The molecule has 2 fully saturated rings. The highest BCUT2D eigenvalue weighted by molar-refractivity contribution is 6.21. The fraction of sp³-hybridized carbons (Fsp3) is 1.00. The topological polar surface area (TPSA) is 24.1 Å². The Kier molecular flexibility index (Phi) is 2.23. The first-order chi connectivity index (χ1) is 5.70. The molecule has 1 aliphatic carbocycles. The summed E-state index contributed by atoms with van der Waals surface area (Å²) in [6.07, 6.45) is -2.50. The molecule has 0 bridgehead atoms. The Morgan fingerprint density at radius 1 is 1.17 bits per heavy atom. The van der Waals surface area contributed by atoms with E-state index in [4.69, 9.17) is 11.6 Å². The van der Waals surface area contributed by atoms with Crippen LogP contribution in [-0.2, 0) is 0 Å². The molecule has 5 atom stereocenters. The highest BCUT2D eigenvalue weighted by Crippen LogP contribution is 2.30. The minimum atomic E-state index is -1.53. The van der Waals surface area contributed by atoms with Crippen LogP contribution in [0.3, 0.4) is 0 Å². The molecule has 1 saturated heterocycles. The third kappa shape index (κ3) is 1.22.